The van der Waals surface area contributed by atoms with Crippen LogP contribution in [0.25, 0.3) is 11.0 Å². The lowest BCUT2D eigenvalue weighted by molar-refractivity contribution is 0.479. The summed E-state index contributed by atoms with van der Waals surface area (Å²) in [7, 11) is 0. The highest BCUT2D eigenvalue weighted by atomic mass is 32.1. The van der Waals surface area contributed by atoms with E-state index < -0.39 is 0 Å². The molecule has 1 aromatic carbocycles. The molecular weight excluding hydrogens is 268 g/mol. The van der Waals surface area contributed by atoms with Gasteiger partial charge in [0.05, 0.1) is 16.1 Å². The number of hydrogen-bond acceptors (Lipinski definition) is 4. The van der Waals surface area contributed by atoms with Gasteiger partial charge in [0, 0.05) is 5.39 Å². The maximum atomic E-state index is 6.03. The maximum absolute atomic E-state index is 6.03. The van der Waals surface area contributed by atoms with Crippen molar-refractivity contribution < 1.29 is 4.42 Å². The third-order valence-electron chi connectivity index (χ3n) is 3.43. The molecule has 4 heteroatoms. The average Bonchev–Trinajstić information content (AvgIpc) is 3.01. The molecule has 0 fully saturated rings. The highest BCUT2D eigenvalue weighted by Gasteiger charge is 2.21. The van der Waals surface area contributed by atoms with Gasteiger partial charge in [0.1, 0.15) is 17.4 Å². The number of nitrogens with one attached hydrogen (secondary N) is 1. The van der Waals surface area contributed by atoms with E-state index in [1.165, 1.54) is 10.4 Å². The van der Waals surface area contributed by atoms with Crippen LogP contribution in [-0.4, -0.2) is 11.5 Å². The SMILES string of the molecule is CCNC(c1cc2cc(C)ccc2o1)c1scnc1C. The summed E-state index contributed by atoms with van der Waals surface area (Å²) in [6.07, 6.45) is 0. The van der Waals surface area contributed by atoms with Gasteiger partial charge in [-0.05, 0) is 38.6 Å². The molecule has 20 heavy (non-hydrogen) atoms. The third kappa shape index (κ3) is 2.37. The van der Waals surface area contributed by atoms with Crippen LogP contribution in [0.3, 0.4) is 0 Å². The van der Waals surface area contributed by atoms with Crippen LogP contribution in [0, 0.1) is 13.8 Å². The van der Waals surface area contributed by atoms with E-state index in [0.717, 1.165) is 29.0 Å². The lowest BCUT2D eigenvalue weighted by Gasteiger charge is -2.14. The number of rotatable bonds is 4. The van der Waals surface area contributed by atoms with Crippen molar-refractivity contribution >= 4 is 22.3 Å². The minimum atomic E-state index is 0.0835. The minimum Gasteiger partial charge on any atom is -0.459 e. The van der Waals surface area contributed by atoms with Crippen molar-refractivity contribution in [3.63, 3.8) is 0 Å². The first kappa shape index (κ1) is 13.3. The van der Waals surface area contributed by atoms with Crippen molar-refractivity contribution in [2.75, 3.05) is 6.54 Å². The molecule has 0 aliphatic rings. The molecule has 1 unspecified atom stereocenters. The Balaban J connectivity index is 2.07. The summed E-state index contributed by atoms with van der Waals surface area (Å²) in [5, 5.41) is 4.65. The van der Waals surface area contributed by atoms with Gasteiger partial charge >= 0.3 is 0 Å². The first-order valence-corrected chi connectivity index (χ1v) is 7.70. The fourth-order valence-corrected chi connectivity index (χ4v) is 3.32. The van der Waals surface area contributed by atoms with Crippen molar-refractivity contribution in [3.05, 3.63) is 51.7 Å². The lowest BCUT2D eigenvalue weighted by atomic mass is 10.1. The topological polar surface area (TPSA) is 38.1 Å². The zero-order chi connectivity index (χ0) is 14.1. The number of benzene rings is 1. The van der Waals surface area contributed by atoms with E-state index in [9.17, 15) is 0 Å². The van der Waals surface area contributed by atoms with Gasteiger partial charge in [-0.3, -0.25) is 0 Å². The maximum Gasteiger partial charge on any atom is 0.134 e. The molecule has 0 saturated heterocycles. The van der Waals surface area contributed by atoms with Crippen LogP contribution in [0.1, 0.15) is 34.9 Å². The van der Waals surface area contributed by atoms with Gasteiger partial charge < -0.3 is 9.73 Å². The Morgan fingerprint density at radius 1 is 1.30 bits per heavy atom. The second-order valence-electron chi connectivity index (χ2n) is 4.98. The van der Waals surface area contributed by atoms with Crippen molar-refractivity contribution in [2.24, 2.45) is 0 Å². The van der Waals surface area contributed by atoms with E-state index in [1.54, 1.807) is 11.3 Å². The molecule has 0 saturated carbocycles. The monoisotopic (exact) mass is 286 g/mol. The van der Waals surface area contributed by atoms with Gasteiger partial charge in [0.25, 0.3) is 0 Å². The zero-order valence-corrected chi connectivity index (χ0v) is 12.8. The van der Waals surface area contributed by atoms with Crippen molar-refractivity contribution in [1.29, 1.82) is 0 Å². The Morgan fingerprint density at radius 3 is 2.85 bits per heavy atom. The summed E-state index contributed by atoms with van der Waals surface area (Å²) in [6.45, 7) is 7.14. The standard InChI is InChI=1S/C16H18N2OS/c1-4-17-15(16-11(3)18-9-20-16)14-8-12-7-10(2)5-6-13(12)19-14/h5-9,15,17H,4H2,1-3H3. The fraction of sp³-hybridized carbons (Fsp3) is 0.312. The van der Waals surface area contributed by atoms with E-state index in [1.807, 2.05) is 18.5 Å². The number of aryl methyl sites for hydroxylation is 2. The second-order valence-corrected chi connectivity index (χ2v) is 5.87. The summed E-state index contributed by atoms with van der Waals surface area (Å²) < 4.78 is 6.03. The molecule has 0 aliphatic carbocycles. The molecule has 2 aromatic heterocycles. The molecule has 3 nitrogen and oxygen atoms in total. The van der Waals surface area contributed by atoms with Crippen molar-refractivity contribution in [1.82, 2.24) is 10.3 Å². The van der Waals surface area contributed by atoms with E-state index in [0.29, 0.717) is 0 Å². The molecule has 3 rings (SSSR count). The Labute approximate surface area is 122 Å². The largest absolute Gasteiger partial charge is 0.459 e. The molecule has 0 amide bonds. The normalized spacial score (nSPS) is 12.9. The minimum absolute atomic E-state index is 0.0835. The van der Waals surface area contributed by atoms with Crippen LogP contribution in [0.5, 0.6) is 0 Å². The van der Waals surface area contributed by atoms with Gasteiger partial charge in [-0.2, -0.15) is 0 Å². The molecular formula is C16H18N2OS. The smallest absolute Gasteiger partial charge is 0.134 e. The van der Waals surface area contributed by atoms with E-state index in [-0.39, 0.29) is 6.04 Å². The van der Waals surface area contributed by atoms with Gasteiger partial charge in [-0.25, -0.2) is 4.98 Å². The Hall–Kier alpha value is -1.65. The number of fused-ring (bicyclic) bond motifs is 1. The van der Waals surface area contributed by atoms with E-state index in [4.69, 9.17) is 4.42 Å². The summed E-state index contributed by atoms with van der Waals surface area (Å²) in [5.41, 5.74) is 5.15. The predicted octanol–water partition coefficient (Wildman–Crippen LogP) is 4.21. The van der Waals surface area contributed by atoms with Crippen LogP contribution >= 0.6 is 11.3 Å². The number of furan rings is 1. The quantitative estimate of drug-likeness (QED) is 0.781. The highest BCUT2D eigenvalue weighted by molar-refractivity contribution is 7.09. The number of thiazole rings is 1. The first-order valence-electron chi connectivity index (χ1n) is 6.82. The molecule has 0 aliphatic heterocycles. The van der Waals surface area contributed by atoms with Gasteiger partial charge in [0.2, 0.25) is 0 Å². The summed E-state index contributed by atoms with van der Waals surface area (Å²) >= 11 is 1.67. The molecule has 2 heterocycles. The van der Waals surface area contributed by atoms with Crippen LogP contribution < -0.4 is 5.32 Å². The van der Waals surface area contributed by atoms with Gasteiger partial charge in [-0.1, -0.05) is 18.6 Å². The van der Waals surface area contributed by atoms with Crippen molar-refractivity contribution in [2.45, 2.75) is 26.8 Å². The van der Waals surface area contributed by atoms with Crippen LogP contribution in [0.2, 0.25) is 0 Å². The zero-order valence-electron chi connectivity index (χ0n) is 11.9. The summed E-state index contributed by atoms with van der Waals surface area (Å²) in [6, 6.07) is 8.49. The van der Waals surface area contributed by atoms with Crippen molar-refractivity contribution in [3.8, 4) is 0 Å². The molecule has 1 N–H and O–H groups in total. The predicted molar refractivity (Wildman–Crippen MR) is 83.3 cm³/mol. The molecule has 3 aromatic rings. The Bertz CT molecular complexity index is 729. The first-order chi connectivity index (χ1) is 9.69. The number of nitrogens with zero attached hydrogens (tertiary/aromatic N) is 1. The van der Waals surface area contributed by atoms with Crippen LogP contribution in [-0.2, 0) is 0 Å². The van der Waals surface area contributed by atoms with Gasteiger partial charge in [0.15, 0.2) is 0 Å². The number of aromatic nitrogens is 1. The third-order valence-corrected chi connectivity index (χ3v) is 4.42. The summed E-state index contributed by atoms with van der Waals surface area (Å²) in [4.78, 5) is 5.57. The van der Waals surface area contributed by atoms with Gasteiger partial charge in [-0.15, -0.1) is 11.3 Å². The summed E-state index contributed by atoms with van der Waals surface area (Å²) in [5.74, 6) is 0.958. The van der Waals surface area contributed by atoms with E-state index >= 15 is 0 Å². The van der Waals surface area contributed by atoms with Crippen LogP contribution in [0.15, 0.2) is 34.2 Å². The van der Waals surface area contributed by atoms with Crippen LogP contribution in [0.4, 0.5) is 0 Å². The molecule has 1 atom stereocenters. The second kappa shape index (κ2) is 5.38. The fourth-order valence-electron chi connectivity index (χ4n) is 2.44. The molecule has 104 valence electrons. The van der Waals surface area contributed by atoms with E-state index in [2.05, 4.69) is 42.3 Å². The Kier molecular flexibility index (Phi) is 3.59. The lowest BCUT2D eigenvalue weighted by Crippen LogP contribution is -2.21. The average molecular weight is 286 g/mol. The molecule has 0 radical (unpaired) electrons. The highest BCUT2D eigenvalue weighted by Crippen LogP contribution is 2.32. The Morgan fingerprint density at radius 2 is 2.15 bits per heavy atom. The molecule has 0 bridgehead atoms. The number of hydrogen-bond donors (Lipinski definition) is 1. The molecule has 0 spiro atoms.